The van der Waals surface area contributed by atoms with Gasteiger partial charge in [-0.25, -0.2) is 0 Å². The summed E-state index contributed by atoms with van der Waals surface area (Å²) in [5, 5.41) is 3.55. The molecule has 1 aliphatic rings. The van der Waals surface area contributed by atoms with Crippen molar-refractivity contribution in [1.82, 2.24) is 0 Å². The van der Waals surface area contributed by atoms with Gasteiger partial charge in [-0.05, 0) is 74.2 Å². The van der Waals surface area contributed by atoms with E-state index in [-0.39, 0.29) is 12.5 Å². The molecule has 0 aromatic heterocycles. The van der Waals surface area contributed by atoms with Crippen LogP contribution in [0.4, 0.5) is 11.4 Å². The highest BCUT2D eigenvalue weighted by Crippen LogP contribution is 2.22. The molecule has 1 heterocycles. The molecular formula is C20H23ClN2O2. The minimum atomic E-state index is -0.182. The van der Waals surface area contributed by atoms with Crippen LogP contribution in [0.5, 0.6) is 5.75 Å². The number of halogens is 1. The van der Waals surface area contributed by atoms with Crippen molar-refractivity contribution in [2.75, 3.05) is 29.9 Å². The van der Waals surface area contributed by atoms with Crippen molar-refractivity contribution in [1.29, 1.82) is 0 Å². The monoisotopic (exact) mass is 358 g/mol. The Kier molecular flexibility index (Phi) is 5.82. The van der Waals surface area contributed by atoms with Crippen molar-refractivity contribution in [3.05, 3.63) is 53.1 Å². The second-order valence-electron chi connectivity index (χ2n) is 6.34. The molecule has 0 unspecified atom stereocenters. The fourth-order valence-electron chi connectivity index (χ4n) is 2.96. The first-order valence-corrected chi connectivity index (χ1v) is 9.03. The highest BCUT2D eigenvalue weighted by molar-refractivity contribution is 6.31. The predicted octanol–water partition coefficient (Wildman–Crippen LogP) is 4.66. The van der Waals surface area contributed by atoms with E-state index in [4.69, 9.17) is 16.3 Å². The van der Waals surface area contributed by atoms with E-state index in [1.807, 2.05) is 25.1 Å². The Bertz CT molecular complexity index is 725. The second-order valence-corrected chi connectivity index (χ2v) is 6.75. The normalized spacial score (nSPS) is 14.2. The average molecular weight is 359 g/mol. The van der Waals surface area contributed by atoms with Crippen LogP contribution in [0.2, 0.25) is 5.02 Å². The van der Waals surface area contributed by atoms with Crippen LogP contribution in [-0.2, 0) is 4.79 Å². The third kappa shape index (κ3) is 4.89. The summed E-state index contributed by atoms with van der Waals surface area (Å²) in [7, 11) is 0. The zero-order chi connectivity index (χ0) is 17.6. The largest absolute Gasteiger partial charge is 0.484 e. The lowest BCUT2D eigenvalue weighted by Crippen LogP contribution is -2.29. The third-order valence-electron chi connectivity index (χ3n) is 4.37. The Morgan fingerprint density at radius 1 is 1.12 bits per heavy atom. The molecule has 0 aliphatic carbocycles. The van der Waals surface area contributed by atoms with Crippen molar-refractivity contribution in [3.63, 3.8) is 0 Å². The molecule has 0 bridgehead atoms. The summed E-state index contributed by atoms with van der Waals surface area (Å²) in [5.41, 5.74) is 2.92. The number of hydrogen-bond acceptors (Lipinski definition) is 3. The number of anilines is 2. The summed E-state index contributed by atoms with van der Waals surface area (Å²) in [4.78, 5) is 14.4. The van der Waals surface area contributed by atoms with Gasteiger partial charge in [0.15, 0.2) is 6.61 Å². The molecule has 1 amide bonds. The van der Waals surface area contributed by atoms with Crippen LogP contribution < -0.4 is 15.0 Å². The molecule has 1 saturated heterocycles. The van der Waals surface area contributed by atoms with Crippen molar-refractivity contribution in [2.24, 2.45) is 0 Å². The van der Waals surface area contributed by atoms with Crippen LogP contribution in [0.25, 0.3) is 0 Å². The van der Waals surface area contributed by atoms with Gasteiger partial charge in [0.05, 0.1) is 0 Å². The fraction of sp³-hybridized carbons (Fsp3) is 0.350. The number of carbonyl (C=O) groups is 1. The standard InChI is InChI=1S/C20H23ClN2O2/c1-15-13-18(9-10-19(15)21)25-14-20(24)22-16-5-7-17(8-6-16)23-11-3-2-4-12-23/h5-10,13H,2-4,11-12,14H2,1H3,(H,22,24). The molecule has 2 aromatic rings. The third-order valence-corrected chi connectivity index (χ3v) is 4.80. The Morgan fingerprint density at radius 2 is 1.84 bits per heavy atom. The quantitative estimate of drug-likeness (QED) is 0.845. The van der Waals surface area contributed by atoms with Gasteiger partial charge in [0, 0.05) is 29.5 Å². The highest BCUT2D eigenvalue weighted by Gasteiger charge is 2.11. The minimum Gasteiger partial charge on any atom is -0.484 e. The summed E-state index contributed by atoms with van der Waals surface area (Å²) in [6, 6.07) is 13.3. The molecule has 1 N–H and O–H groups in total. The minimum absolute atomic E-state index is 0.0328. The van der Waals surface area contributed by atoms with Crippen molar-refractivity contribution in [2.45, 2.75) is 26.2 Å². The van der Waals surface area contributed by atoms with E-state index in [0.29, 0.717) is 10.8 Å². The van der Waals surface area contributed by atoms with Crippen LogP contribution in [0.1, 0.15) is 24.8 Å². The van der Waals surface area contributed by atoms with Crippen molar-refractivity contribution >= 4 is 28.9 Å². The maximum atomic E-state index is 12.1. The molecular weight excluding hydrogens is 336 g/mol. The highest BCUT2D eigenvalue weighted by atomic mass is 35.5. The summed E-state index contributed by atoms with van der Waals surface area (Å²) >= 11 is 5.98. The van der Waals surface area contributed by atoms with E-state index in [1.165, 1.54) is 24.9 Å². The molecule has 0 spiro atoms. The molecule has 0 radical (unpaired) electrons. The number of piperidine rings is 1. The number of ether oxygens (including phenoxy) is 1. The first-order valence-electron chi connectivity index (χ1n) is 8.65. The Balaban J connectivity index is 1.51. The van der Waals surface area contributed by atoms with Crippen molar-refractivity contribution in [3.8, 4) is 5.75 Å². The summed E-state index contributed by atoms with van der Waals surface area (Å²) < 4.78 is 5.52. The number of aryl methyl sites for hydroxylation is 1. The van der Waals surface area contributed by atoms with Gasteiger partial charge < -0.3 is 15.0 Å². The van der Waals surface area contributed by atoms with Gasteiger partial charge in [0.2, 0.25) is 0 Å². The molecule has 25 heavy (non-hydrogen) atoms. The van der Waals surface area contributed by atoms with Gasteiger partial charge in [0.1, 0.15) is 5.75 Å². The molecule has 4 nitrogen and oxygen atoms in total. The number of rotatable bonds is 5. The molecule has 2 aromatic carbocycles. The van der Waals surface area contributed by atoms with Gasteiger partial charge in [0.25, 0.3) is 5.91 Å². The van der Waals surface area contributed by atoms with E-state index in [9.17, 15) is 4.79 Å². The maximum Gasteiger partial charge on any atom is 0.262 e. The SMILES string of the molecule is Cc1cc(OCC(=O)Nc2ccc(N3CCCCC3)cc2)ccc1Cl. The summed E-state index contributed by atoms with van der Waals surface area (Å²) in [6.07, 6.45) is 3.82. The van der Waals surface area contributed by atoms with E-state index < -0.39 is 0 Å². The maximum absolute atomic E-state index is 12.1. The topological polar surface area (TPSA) is 41.6 Å². The lowest BCUT2D eigenvalue weighted by Gasteiger charge is -2.28. The summed E-state index contributed by atoms with van der Waals surface area (Å²) in [6.45, 7) is 4.09. The molecule has 0 saturated carbocycles. The number of nitrogens with zero attached hydrogens (tertiary/aromatic N) is 1. The average Bonchev–Trinajstić information content (AvgIpc) is 2.64. The van der Waals surface area contributed by atoms with Crippen LogP contribution >= 0.6 is 11.6 Å². The van der Waals surface area contributed by atoms with Gasteiger partial charge in [-0.15, -0.1) is 0 Å². The van der Waals surface area contributed by atoms with Gasteiger partial charge >= 0.3 is 0 Å². The number of benzene rings is 2. The second kappa shape index (κ2) is 8.26. The first kappa shape index (κ1) is 17.6. The number of carbonyl (C=O) groups excluding carboxylic acids is 1. The smallest absolute Gasteiger partial charge is 0.262 e. The predicted molar refractivity (Wildman–Crippen MR) is 103 cm³/mol. The lowest BCUT2D eigenvalue weighted by atomic mass is 10.1. The molecule has 0 atom stereocenters. The molecule has 1 fully saturated rings. The summed E-state index contributed by atoms with van der Waals surface area (Å²) in [5.74, 6) is 0.454. The van der Waals surface area contributed by atoms with Gasteiger partial charge in [-0.1, -0.05) is 11.6 Å². The fourth-order valence-corrected chi connectivity index (χ4v) is 3.08. The van der Waals surface area contributed by atoms with Gasteiger partial charge in [-0.3, -0.25) is 4.79 Å². The van der Waals surface area contributed by atoms with E-state index in [2.05, 4.69) is 22.3 Å². The van der Waals surface area contributed by atoms with E-state index in [0.717, 1.165) is 24.3 Å². The zero-order valence-electron chi connectivity index (χ0n) is 14.4. The Labute approximate surface area is 153 Å². The van der Waals surface area contributed by atoms with E-state index in [1.54, 1.807) is 12.1 Å². The molecule has 1 aliphatic heterocycles. The van der Waals surface area contributed by atoms with Gasteiger partial charge in [-0.2, -0.15) is 0 Å². The molecule has 5 heteroatoms. The number of nitrogens with one attached hydrogen (secondary N) is 1. The van der Waals surface area contributed by atoms with Crippen molar-refractivity contribution < 1.29 is 9.53 Å². The number of hydrogen-bond donors (Lipinski definition) is 1. The lowest BCUT2D eigenvalue weighted by molar-refractivity contribution is -0.118. The zero-order valence-corrected chi connectivity index (χ0v) is 15.2. The van der Waals surface area contributed by atoms with Crippen LogP contribution in [0, 0.1) is 6.92 Å². The van der Waals surface area contributed by atoms with Crippen LogP contribution in [-0.4, -0.2) is 25.6 Å². The Hall–Kier alpha value is -2.20. The Morgan fingerprint density at radius 3 is 2.52 bits per heavy atom. The van der Waals surface area contributed by atoms with Crippen LogP contribution in [0.3, 0.4) is 0 Å². The van der Waals surface area contributed by atoms with E-state index >= 15 is 0 Å². The molecule has 3 rings (SSSR count). The number of amides is 1. The molecule has 132 valence electrons. The first-order chi connectivity index (χ1) is 12.1. The van der Waals surface area contributed by atoms with Crippen LogP contribution in [0.15, 0.2) is 42.5 Å².